The smallest absolute Gasteiger partial charge is 0.407 e. The Bertz CT molecular complexity index is 202. The third kappa shape index (κ3) is 9.73. The SMILES string of the molecule is CONC(C)CCCNC(=O)OC(C)(C)C. The van der Waals surface area contributed by atoms with Gasteiger partial charge < -0.3 is 14.9 Å². The minimum Gasteiger partial charge on any atom is -0.444 e. The summed E-state index contributed by atoms with van der Waals surface area (Å²) in [7, 11) is 1.59. The van der Waals surface area contributed by atoms with E-state index in [9.17, 15) is 4.79 Å². The molecule has 5 nitrogen and oxygen atoms in total. The predicted octanol–water partition coefficient (Wildman–Crippen LogP) is 1.83. The van der Waals surface area contributed by atoms with Crippen LogP contribution in [0.2, 0.25) is 0 Å². The van der Waals surface area contributed by atoms with Gasteiger partial charge in [-0.3, -0.25) is 0 Å². The van der Waals surface area contributed by atoms with E-state index in [-0.39, 0.29) is 12.1 Å². The van der Waals surface area contributed by atoms with E-state index in [1.165, 1.54) is 0 Å². The fourth-order valence-electron chi connectivity index (χ4n) is 1.17. The molecule has 1 amide bonds. The molecule has 0 aliphatic rings. The maximum Gasteiger partial charge on any atom is 0.407 e. The van der Waals surface area contributed by atoms with Crippen LogP contribution in [-0.4, -0.2) is 31.4 Å². The van der Waals surface area contributed by atoms with E-state index < -0.39 is 5.60 Å². The second-order valence-corrected chi connectivity index (χ2v) is 4.79. The van der Waals surface area contributed by atoms with Gasteiger partial charge in [-0.2, -0.15) is 0 Å². The highest BCUT2D eigenvalue weighted by atomic mass is 16.6. The summed E-state index contributed by atoms with van der Waals surface area (Å²) in [5.41, 5.74) is 2.39. The molecule has 0 rings (SSSR count). The zero-order valence-electron chi connectivity index (χ0n) is 10.9. The molecule has 0 aromatic rings. The van der Waals surface area contributed by atoms with Crippen LogP contribution in [-0.2, 0) is 9.57 Å². The fraction of sp³-hybridized carbons (Fsp3) is 0.909. The van der Waals surface area contributed by atoms with Crippen LogP contribution in [0.15, 0.2) is 0 Å². The molecule has 0 saturated carbocycles. The molecule has 1 atom stereocenters. The van der Waals surface area contributed by atoms with Gasteiger partial charge in [0.25, 0.3) is 0 Å². The first-order valence-electron chi connectivity index (χ1n) is 5.60. The molecule has 16 heavy (non-hydrogen) atoms. The lowest BCUT2D eigenvalue weighted by Gasteiger charge is -2.19. The third-order valence-corrected chi connectivity index (χ3v) is 1.80. The van der Waals surface area contributed by atoms with Gasteiger partial charge in [0.15, 0.2) is 0 Å². The first-order valence-corrected chi connectivity index (χ1v) is 5.60. The summed E-state index contributed by atoms with van der Waals surface area (Å²) in [6, 6.07) is 0.283. The van der Waals surface area contributed by atoms with Crippen molar-refractivity contribution in [1.82, 2.24) is 10.8 Å². The van der Waals surface area contributed by atoms with E-state index in [1.54, 1.807) is 7.11 Å². The second-order valence-electron chi connectivity index (χ2n) is 4.79. The van der Waals surface area contributed by atoms with E-state index in [1.807, 2.05) is 27.7 Å². The lowest BCUT2D eigenvalue weighted by Crippen LogP contribution is -2.33. The number of amides is 1. The van der Waals surface area contributed by atoms with Crippen LogP contribution >= 0.6 is 0 Å². The number of ether oxygens (including phenoxy) is 1. The van der Waals surface area contributed by atoms with Crippen LogP contribution < -0.4 is 10.8 Å². The molecule has 0 fully saturated rings. The molecule has 0 heterocycles. The van der Waals surface area contributed by atoms with Crippen LogP contribution in [0.5, 0.6) is 0 Å². The first kappa shape index (κ1) is 15.2. The largest absolute Gasteiger partial charge is 0.444 e. The summed E-state index contributed by atoms with van der Waals surface area (Å²) in [6.45, 7) is 8.17. The zero-order valence-corrected chi connectivity index (χ0v) is 10.9. The molecule has 0 aromatic heterocycles. The summed E-state index contributed by atoms with van der Waals surface area (Å²) in [5.74, 6) is 0. The Morgan fingerprint density at radius 2 is 2.00 bits per heavy atom. The highest BCUT2D eigenvalue weighted by molar-refractivity contribution is 5.67. The minimum absolute atomic E-state index is 0.283. The summed E-state index contributed by atoms with van der Waals surface area (Å²) in [5, 5.41) is 2.71. The van der Waals surface area contributed by atoms with E-state index >= 15 is 0 Å². The molecule has 0 aromatic carbocycles. The van der Waals surface area contributed by atoms with E-state index in [0.717, 1.165) is 12.8 Å². The highest BCUT2D eigenvalue weighted by Gasteiger charge is 2.15. The van der Waals surface area contributed by atoms with Crippen LogP contribution in [0.3, 0.4) is 0 Å². The van der Waals surface area contributed by atoms with Crippen molar-refractivity contribution >= 4 is 6.09 Å². The van der Waals surface area contributed by atoms with Crippen molar-refractivity contribution in [3.63, 3.8) is 0 Å². The number of hydroxylamine groups is 1. The normalized spacial score (nSPS) is 13.3. The molecule has 96 valence electrons. The molecular weight excluding hydrogens is 208 g/mol. The highest BCUT2D eigenvalue weighted by Crippen LogP contribution is 2.06. The number of carbonyl (C=O) groups excluding carboxylic acids is 1. The molecule has 0 saturated heterocycles. The summed E-state index contributed by atoms with van der Waals surface area (Å²) in [4.78, 5) is 16.0. The number of rotatable bonds is 6. The average Bonchev–Trinajstić information content (AvgIpc) is 2.10. The lowest BCUT2D eigenvalue weighted by molar-refractivity contribution is 0.0517. The quantitative estimate of drug-likeness (QED) is 0.542. The third-order valence-electron chi connectivity index (χ3n) is 1.80. The maximum atomic E-state index is 11.3. The van der Waals surface area contributed by atoms with Gasteiger partial charge in [-0.25, -0.2) is 10.3 Å². The van der Waals surface area contributed by atoms with Crippen molar-refractivity contribution in [2.24, 2.45) is 0 Å². The Labute approximate surface area is 97.8 Å². The number of hydrogen-bond acceptors (Lipinski definition) is 4. The van der Waals surface area contributed by atoms with Crippen molar-refractivity contribution in [3.05, 3.63) is 0 Å². The Kier molecular flexibility index (Phi) is 7.08. The fourth-order valence-corrected chi connectivity index (χ4v) is 1.17. The molecule has 5 heteroatoms. The van der Waals surface area contributed by atoms with Crippen LogP contribution in [0.25, 0.3) is 0 Å². The van der Waals surface area contributed by atoms with Gasteiger partial charge in [-0.1, -0.05) is 0 Å². The van der Waals surface area contributed by atoms with Crippen molar-refractivity contribution in [3.8, 4) is 0 Å². The number of nitrogens with one attached hydrogen (secondary N) is 2. The lowest BCUT2D eigenvalue weighted by atomic mass is 10.2. The second kappa shape index (κ2) is 7.46. The van der Waals surface area contributed by atoms with Gasteiger partial charge in [-0.15, -0.1) is 0 Å². The summed E-state index contributed by atoms with van der Waals surface area (Å²) in [6.07, 6.45) is 1.46. The average molecular weight is 232 g/mol. The van der Waals surface area contributed by atoms with Crippen LogP contribution in [0.1, 0.15) is 40.5 Å². The standard InChI is InChI=1S/C11H24N2O3/c1-9(13-15-5)7-6-8-12-10(14)16-11(2,3)4/h9,13H,6-8H2,1-5H3,(H,12,14). The van der Waals surface area contributed by atoms with Gasteiger partial charge in [0.2, 0.25) is 0 Å². The summed E-state index contributed by atoms with van der Waals surface area (Å²) >= 11 is 0. The summed E-state index contributed by atoms with van der Waals surface area (Å²) < 4.78 is 5.10. The van der Waals surface area contributed by atoms with Crippen molar-refractivity contribution < 1.29 is 14.4 Å². The van der Waals surface area contributed by atoms with Gasteiger partial charge in [-0.05, 0) is 40.5 Å². The maximum absolute atomic E-state index is 11.3. The zero-order chi connectivity index (χ0) is 12.6. The Hall–Kier alpha value is -0.810. The van der Waals surface area contributed by atoms with Crippen LogP contribution in [0.4, 0.5) is 4.79 Å². The number of hydrogen-bond donors (Lipinski definition) is 2. The number of carbonyl (C=O) groups is 1. The Morgan fingerprint density at radius 1 is 1.38 bits per heavy atom. The van der Waals surface area contributed by atoms with Gasteiger partial charge in [0, 0.05) is 12.6 Å². The van der Waals surface area contributed by atoms with Gasteiger partial charge >= 0.3 is 6.09 Å². The molecule has 0 radical (unpaired) electrons. The monoisotopic (exact) mass is 232 g/mol. The molecule has 0 aliphatic heterocycles. The van der Waals surface area contributed by atoms with Crippen molar-refractivity contribution in [1.29, 1.82) is 0 Å². The van der Waals surface area contributed by atoms with E-state index in [2.05, 4.69) is 10.8 Å². The van der Waals surface area contributed by atoms with E-state index in [0.29, 0.717) is 6.54 Å². The van der Waals surface area contributed by atoms with Crippen molar-refractivity contribution in [2.45, 2.75) is 52.2 Å². The minimum atomic E-state index is -0.436. The topological polar surface area (TPSA) is 59.6 Å². The Balaban J connectivity index is 3.48. The van der Waals surface area contributed by atoms with Gasteiger partial charge in [0.1, 0.15) is 5.60 Å². The molecule has 0 aliphatic carbocycles. The molecule has 0 spiro atoms. The van der Waals surface area contributed by atoms with Crippen molar-refractivity contribution in [2.75, 3.05) is 13.7 Å². The molecule has 2 N–H and O–H groups in total. The molecule has 1 unspecified atom stereocenters. The Morgan fingerprint density at radius 3 is 2.50 bits per heavy atom. The number of alkyl carbamates (subject to hydrolysis) is 1. The van der Waals surface area contributed by atoms with Crippen LogP contribution in [0, 0.1) is 0 Å². The predicted molar refractivity (Wildman–Crippen MR) is 63.1 cm³/mol. The van der Waals surface area contributed by atoms with Gasteiger partial charge in [0.05, 0.1) is 7.11 Å². The van der Waals surface area contributed by atoms with E-state index in [4.69, 9.17) is 9.57 Å². The molecule has 0 bridgehead atoms. The molecular formula is C11H24N2O3. The first-order chi connectivity index (χ1) is 7.35.